The third kappa shape index (κ3) is 6.75. The fraction of sp³-hybridized carbons (Fsp3) is 0.882. The van der Waals surface area contributed by atoms with E-state index in [0.717, 1.165) is 0 Å². The van der Waals surface area contributed by atoms with Crippen LogP contribution in [0.5, 0.6) is 0 Å². The van der Waals surface area contributed by atoms with E-state index in [4.69, 9.17) is 9.47 Å². The summed E-state index contributed by atoms with van der Waals surface area (Å²) in [6.07, 6.45) is -0.639. The van der Waals surface area contributed by atoms with Gasteiger partial charge in [0.1, 0.15) is 0 Å². The lowest BCUT2D eigenvalue weighted by molar-refractivity contribution is -0.167. The van der Waals surface area contributed by atoms with Gasteiger partial charge in [-0.05, 0) is 32.6 Å². The Morgan fingerprint density at radius 1 is 0.958 bits per heavy atom. The highest BCUT2D eigenvalue weighted by atomic mass is 16.5. The predicted octanol–water partition coefficient (Wildman–Crippen LogP) is 0.638. The number of aliphatic hydroxyl groups is 3. The van der Waals surface area contributed by atoms with Gasteiger partial charge in [-0.2, -0.15) is 0 Å². The summed E-state index contributed by atoms with van der Waals surface area (Å²) < 4.78 is 10.3. The molecule has 1 aliphatic carbocycles. The zero-order chi connectivity index (χ0) is 18.3. The molecule has 0 bridgehead atoms. The third-order valence-corrected chi connectivity index (χ3v) is 4.43. The Hall–Kier alpha value is -1.18. The topological polar surface area (TPSA) is 113 Å². The minimum Gasteiger partial charge on any atom is -0.465 e. The van der Waals surface area contributed by atoms with Crippen molar-refractivity contribution in [1.82, 2.24) is 0 Å². The second-order valence-electron chi connectivity index (χ2n) is 6.84. The lowest BCUT2D eigenvalue weighted by Crippen LogP contribution is -2.43. The average Bonchev–Trinajstić information content (AvgIpc) is 2.48. The van der Waals surface area contributed by atoms with Crippen molar-refractivity contribution in [2.75, 3.05) is 13.2 Å². The van der Waals surface area contributed by atoms with Gasteiger partial charge in [0.2, 0.25) is 0 Å². The normalized spacial score (nSPS) is 29.6. The molecule has 1 saturated carbocycles. The van der Waals surface area contributed by atoms with Crippen molar-refractivity contribution in [2.24, 2.45) is 17.8 Å². The van der Waals surface area contributed by atoms with Gasteiger partial charge in [0.25, 0.3) is 0 Å². The van der Waals surface area contributed by atoms with Crippen LogP contribution in [0.25, 0.3) is 0 Å². The van der Waals surface area contributed by atoms with Crippen molar-refractivity contribution in [3.05, 3.63) is 0 Å². The number of aliphatic hydroxyl groups excluding tert-OH is 3. The molecule has 0 aliphatic heterocycles. The quantitative estimate of drug-likeness (QED) is 0.553. The number of carbonyl (C=O) groups excluding carboxylic acids is 2. The molecule has 1 fully saturated rings. The molecule has 0 radical (unpaired) electrons. The molecule has 0 aromatic rings. The molecule has 7 heteroatoms. The highest BCUT2D eigenvalue weighted by Crippen LogP contribution is 2.35. The van der Waals surface area contributed by atoms with Crippen molar-refractivity contribution in [3.63, 3.8) is 0 Å². The minimum atomic E-state index is -0.746. The van der Waals surface area contributed by atoms with Crippen molar-refractivity contribution in [3.8, 4) is 0 Å². The average molecular weight is 346 g/mol. The largest absolute Gasteiger partial charge is 0.465 e. The van der Waals surface area contributed by atoms with E-state index < -0.39 is 42.1 Å². The molecule has 6 atom stereocenters. The molecule has 1 aliphatic rings. The number of carbonyl (C=O) groups is 2. The zero-order valence-corrected chi connectivity index (χ0v) is 14.7. The van der Waals surface area contributed by atoms with Gasteiger partial charge in [0.15, 0.2) is 0 Å². The summed E-state index contributed by atoms with van der Waals surface area (Å²) >= 11 is 0. The van der Waals surface area contributed by atoms with Gasteiger partial charge >= 0.3 is 11.9 Å². The molecular weight excluding hydrogens is 316 g/mol. The Bertz CT molecular complexity index is 370. The van der Waals surface area contributed by atoms with E-state index in [9.17, 15) is 24.9 Å². The van der Waals surface area contributed by atoms with Crippen LogP contribution in [0.1, 0.15) is 46.5 Å². The summed E-state index contributed by atoms with van der Waals surface area (Å²) in [6.45, 7) is 5.20. The zero-order valence-electron chi connectivity index (χ0n) is 14.7. The van der Waals surface area contributed by atoms with Crippen LogP contribution < -0.4 is 0 Å². The third-order valence-electron chi connectivity index (χ3n) is 4.43. The van der Waals surface area contributed by atoms with Crippen LogP contribution in [0.15, 0.2) is 0 Å². The molecule has 0 spiro atoms. The van der Waals surface area contributed by atoms with E-state index in [-0.39, 0.29) is 25.6 Å². The van der Waals surface area contributed by atoms with Crippen LogP contribution in [-0.4, -0.2) is 58.8 Å². The highest BCUT2D eigenvalue weighted by Gasteiger charge is 2.43. The molecule has 0 saturated heterocycles. The van der Waals surface area contributed by atoms with E-state index in [0.29, 0.717) is 19.3 Å². The van der Waals surface area contributed by atoms with Crippen LogP contribution >= 0.6 is 0 Å². The van der Waals surface area contributed by atoms with Crippen LogP contribution in [0.2, 0.25) is 0 Å². The monoisotopic (exact) mass is 346 g/mol. The smallest absolute Gasteiger partial charge is 0.309 e. The minimum absolute atomic E-state index is 0.0719. The molecule has 1 rings (SSSR count). The first-order valence-corrected chi connectivity index (χ1v) is 8.59. The van der Waals surface area contributed by atoms with Crippen molar-refractivity contribution < 1.29 is 34.4 Å². The summed E-state index contributed by atoms with van der Waals surface area (Å²) in [4.78, 5) is 24.6. The Kier molecular flexibility index (Phi) is 8.66. The van der Waals surface area contributed by atoms with E-state index in [1.807, 2.05) is 6.92 Å². The van der Waals surface area contributed by atoms with Crippen LogP contribution in [0.4, 0.5) is 0 Å². The molecule has 3 N–H and O–H groups in total. The first kappa shape index (κ1) is 20.9. The molecule has 0 amide bonds. The summed E-state index contributed by atoms with van der Waals surface area (Å²) in [5.74, 6) is -2.55. The number of rotatable bonds is 8. The summed E-state index contributed by atoms with van der Waals surface area (Å²) in [6, 6.07) is 0. The van der Waals surface area contributed by atoms with Gasteiger partial charge in [-0.25, -0.2) is 0 Å². The summed E-state index contributed by atoms with van der Waals surface area (Å²) in [7, 11) is 0. The van der Waals surface area contributed by atoms with Gasteiger partial charge in [-0.1, -0.05) is 6.92 Å². The number of esters is 2. The maximum atomic E-state index is 12.3. The SMILES string of the molecule is CC(O)CCOC(=O)C1CC(C)C(O)CC1C(=O)OCCC(C)O. The Labute approximate surface area is 143 Å². The second kappa shape index (κ2) is 9.96. The van der Waals surface area contributed by atoms with Gasteiger partial charge < -0.3 is 24.8 Å². The van der Waals surface area contributed by atoms with E-state index in [1.165, 1.54) is 0 Å². The molecular formula is C17H30O7. The standard InChI is InChI=1S/C17H30O7/c1-10-8-13(16(21)23-6-4-11(2)18)14(9-15(10)20)17(22)24-7-5-12(3)19/h10-15,18-20H,4-9H2,1-3H3. The predicted molar refractivity (Wildman–Crippen MR) is 85.9 cm³/mol. The van der Waals surface area contributed by atoms with Gasteiger partial charge in [0.05, 0.1) is 43.4 Å². The Balaban J connectivity index is 2.65. The molecule has 0 aromatic carbocycles. The van der Waals surface area contributed by atoms with Gasteiger partial charge in [-0.3, -0.25) is 9.59 Å². The first-order chi connectivity index (χ1) is 11.2. The molecule has 24 heavy (non-hydrogen) atoms. The fourth-order valence-electron chi connectivity index (χ4n) is 2.77. The lowest BCUT2D eigenvalue weighted by atomic mass is 9.73. The highest BCUT2D eigenvalue weighted by molar-refractivity contribution is 5.82. The van der Waals surface area contributed by atoms with Crippen LogP contribution in [0, 0.1) is 17.8 Å². The summed E-state index contributed by atoms with van der Waals surface area (Å²) in [5, 5.41) is 28.5. The van der Waals surface area contributed by atoms with Gasteiger partial charge in [0, 0.05) is 12.8 Å². The Morgan fingerprint density at radius 2 is 1.38 bits per heavy atom. The van der Waals surface area contributed by atoms with E-state index in [2.05, 4.69) is 0 Å². The van der Waals surface area contributed by atoms with E-state index in [1.54, 1.807) is 13.8 Å². The first-order valence-electron chi connectivity index (χ1n) is 8.59. The van der Waals surface area contributed by atoms with Crippen molar-refractivity contribution in [1.29, 1.82) is 0 Å². The Morgan fingerprint density at radius 3 is 1.79 bits per heavy atom. The summed E-state index contributed by atoms with van der Waals surface area (Å²) in [5.41, 5.74) is 0. The van der Waals surface area contributed by atoms with Gasteiger partial charge in [-0.15, -0.1) is 0 Å². The molecule has 140 valence electrons. The number of ether oxygens (including phenoxy) is 2. The van der Waals surface area contributed by atoms with Crippen LogP contribution in [0.3, 0.4) is 0 Å². The van der Waals surface area contributed by atoms with Crippen LogP contribution in [-0.2, 0) is 19.1 Å². The molecule has 0 aromatic heterocycles. The number of hydrogen-bond donors (Lipinski definition) is 3. The van der Waals surface area contributed by atoms with Crippen molar-refractivity contribution in [2.45, 2.75) is 64.8 Å². The molecule has 6 unspecified atom stereocenters. The second-order valence-corrected chi connectivity index (χ2v) is 6.84. The molecule has 7 nitrogen and oxygen atoms in total. The van der Waals surface area contributed by atoms with E-state index >= 15 is 0 Å². The fourth-order valence-corrected chi connectivity index (χ4v) is 2.77. The molecule has 0 heterocycles. The number of hydrogen-bond acceptors (Lipinski definition) is 7. The maximum Gasteiger partial charge on any atom is 0.309 e. The van der Waals surface area contributed by atoms with Crippen molar-refractivity contribution >= 4 is 11.9 Å². The lowest BCUT2D eigenvalue weighted by Gasteiger charge is -2.35. The maximum absolute atomic E-state index is 12.3.